The van der Waals surface area contributed by atoms with Gasteiger partial charge in [0.15, 0.2) is 0 Å². The van der Waals surface area contributed by atoms with Crippen molar-refractivity contribution in [1.29, 1.82) is 0 Å². The van der Waals surface area contributed by atoms with Crippen LogP contribution in [0.4, 0.5) is 0 Å². The van der Waals surface area contributed by atoms with Crippen LogP contribution in [0.3, 0.4) is 0 Å². The van der Waals surface area contributed by atoms with E-state index in [2.05, 4.69) is 176 Å². The van der Waals surface area contributed by atoms with E-state index < -0.39 is 83.4 Å². The van der Waals surface area contributed by atoms with Crippen molar-refractivity contribution < 1.29 is 83.4 Å². The predicted octanol–water partition coefficient (Wildman–Crippen LogP) is 39.0. The van der Waals surface area contributed by atoms with Gasteiger partial charge in [-0.2, -0.15) is 19.8 Å². The summed E-state index contributed by atoms with van der Waals surface area (Å²) in [7, 11) is 39.5. The Morgan fingerprint density at radius 3 is 0.814 bits per heavy atom. The van der Waals surface area contributed by atoms with Crippen molar-refractivity contribution in [3.05, 3.63) is 199 Å². The van der Waals surface area contributed by atoms with Gasteiger partial charge in [-0.05, 0) is 175 Å². The van der Waals surface area contributed by atoms with E-state index in [-0.39, 0.29) is 79.2 Å². The van der Waals surface area contributed by atoms with Crippen LogP contribution in [0.15, 0.2) is 123 Å². The van der Waals surface area contributed by atoms with Crippen molar-refractivity contribution in [2.45, 2.75) is 332 Å². The Labute approximate surface area is 793 Å². The first-order valence-electron chi connectivity index (χ1n) is 41.6. The van der Waals surface area contributed by atoms with Gasteiger partial charge >= 0.3 is 151 Å². The van der Waals surface area contributed by atoms with Crippen LogP contribution in [0, 0.1) is 154 Å². The molecule has 0 saturated heterocycles. The summed E-state index contributed by atoms with van der Waals surface area (Å²) in [6.07, 6.45) is 59.5. The molecule has 113 heavy (non-hydrogen) atoms. The van der Waals surface area contributed by atoms with Crippen LogP contribution in [-0.4, -0.2) is 0 Å². The third-order valence-electron chi connectivity index (χ3n) is 25.8. The Hall–Kier alpha value is 3.59. The van der Waals surface area contributed by atoms with Crippen LogP contribution >= 0.6 is 87.9 Å². The predicted molar refractivity (Wildman–Crippen MR) is 530 cm³/mol. The molecule has 660 valence electrons. The number of allylic oxidation sites excluding steroid dienone is 2. The molecule has 0 aliphatic heterocycles. The Morgan fingerprint density at radius 2 is 0.575 bits per heavy atom. The molecule has 3 aromatic rings. The molecule has 0 N–H and O–H groups in total. The molecule has 8 aliphatic carbocycles. The van der Waals surface area contributed by atoms with Crippen molar-refractivity contribution in [3.8, 4) is 0 Å². The first kappa shape index (κ1) is 140. The molecule has 6 atom stereocenters. The molecular weight excluding hydrogens is 1900 g/mol. The Bertz CT molecular complexity index is 2130. The maximum atomic E-state index is 4.93. The molecule has 14 heteroatoms. The minimum atomic E-state index is -0.826. The number of hydrogen-bond donors (Lipinski definition) is 0. The van der Waals surface area contributed by atoms with E-state index in [1.54, 1.807) is 11.1 Å². The molecule has 11 rings (SSSR count). The van der Waals surface area contributed by atoms with Crippen LogP contribution in [-0.2, 0) is 83.4 Å². The van der Waals surface area contributed by atoms with E-state index in [0.29, 0.717) is 0 Å². The fourth-order valence-electron chi connectivity index (χ4n) is 18.3. The standard InChI is InChI=1S/C37H56.2C10H20.C8H8.2C8H14.2C5H10.8CH3.8ClH.2H3P.4Zr/c1-3-15-36(34-21-6-4-7-22-34)29-33(28-32-18-12-13-19-32)20-14-25-37(35-23-8-5-9-24-35)27-30(2)26-31-16-10-11-17-31;2*1-6-7(2)9(4)10(5)8(6)3;1-2-8-6-4-3-5-7-8;2*1-2-5-8-6-3-4-7-8;2*1-2-4-5-3-1;;;;;;;;;;;;;;;;;;;;;;/h4-9,21-24,30-33,36-37H,3,10-20,25-29H2,1-2H3;2*6-10H,1-5H3;2-7H,1H2;2*2,8H,1,3-7H2;2*1-5H2;8*1H3;8*1H;2*1H3;;;;/q;;;;;;;;8*-1;;;;;;;;;;;4*+4/p-8. The molecule has 8 aliphatic rings. The SMILES string of the molecule is C1CCCC1.C1CCCC1.C=CCC1CCCC1.C=CCC1CCCC1.C=Cc1ccccc1.CC1C(C)C(C)C(C)C1C.CC1C(C)C(C)C(C)C1C.CCCC(CC(CCCC(CC(C)CC1CCCC1)c1ccccc1)CC1CCCC1)c1ccccc1.P.P.[CH3-].[CH3-].[CH3-].[CH3-].[CH3-].[CH3-].[CH3-].[CH3-].[Cl][Zr+2][Cl].[Cl][Zr+2][Cl].[Cl][Zr+2][Cl].[Cl][Zr+2][Cl]. The fourth-order valence-corrected chi connectivity index (χ4v) is 18.3. The molecule has 0 amide bonds. The number of hydrogen-bond acceptors (Lipinski definition) is 0. The van der Waals surface area contributed by atoms with Crippen LogP contribution in [0.25, 0.3) is 6.08 Å². The van der Waals surface area contributed by atoms with Crippen LogP contribution in [0.2, 0.25) is 0 Å². The van der Waals surface area contributed by atoms with Crippen molar-refractivity contribution in [2.75, 3.05) is 0 Å². The maximum absolute atomic E-state index is 4.93. The van der Waals surface area contributed by atoms with Crippen LogP contribution < -0.4 is 0 Å². The van der Waals surface area contributed by atoms with Crippen molar-refractivity contribution >= 4 is 94.0 Å². The summed E-state index contributed by atoms with van der Waals surface area (Å²) in [5.74, 6) is 16.6. The zero-order valence-corrected chi connectivity index (χ0v) is 95.7. The van der Waals surface area contributed by atoms with Gasteiger partial charge in [-0.3, -0.25) is 0 Å². The monoisotopic (exact) mass is 2070 g/mol. The Morgan fingerprint density at radius 1 is 0.336 bits per heavy atom. The van der Waals surface area contributed by atoms with Crippen molar-refractivity contribution in [3.63, 3.8) is 0 Å². The molecule has 6 unspecified atom stereocenters. The second kappa shape index (κ2) is 96.2. The summed E-state index contributed by atoms with van der Waals surface area (Å²) < 4.78 is 0. The normalized spacial score (nSPS) is 22.5. The van der Waals surface area contributed by atoms with Gasteiger partial charge in [0.25, 0.3) is 0 Å². The van der Waals surface area contributed by atoms with Crippen LogP contribution in [0.1, 0.15) is 349 Å². The summed E-state index contributed by atoms with van der Waals surface area (Å²) >= 11 is -3.30. The van der Waals surface area contributed by atoms with Gasteiger partial charge in [0.2, 0.25) is 0 Å². The quantitative estimate of drug-likeness (QED) is 0.0566. The van der Waals surface area contributed by atoms with E-state index in [4.69, 9.17) is 68.1 Å². The molecule has 0 radical (unpaired) electrons. The van der Waals surface area contributed by atoms with Gasteiger partial charge < -0.3 is 59.4 Å². The first-order chi connectivity index (χ1) is 49.8. The molecule has 0 spiro atoms. The van der Waals surface area contributed by atoms with Gasteiger partial charge in [0.1, 0.15) is 0 Å². The molecule has 0 heterocycles. The zero-order valence-electron chi connectivity index (χ0n) is 77.0. The third kappa shape index (κ3) is 69.4. The Kier molecular flexibility index (Phi) is 119. The van der Waals surface area contributed by atoms with E-state index in [1.807, 2.05) is 36.4 Å². The second-order valence-electron chi connectivity index (χ2n) is 32.5. The van der Waals surface area contributed by atoms with Gasteiger partial charge in [-0.15, -0.1) is 13.2 Å². The molecule has 3 aromatic carbocycles. The average Bonchev–Trinajstić information content (AvgIpc) is 1.70. The van der Waals surface area contributed by atoms with E-state index >= 15 is 0 Å². The molecule has 0 bridgehead atoms. The van der Waals surface area contributed by atoms with E-state index in [0.717, 1.165) is 107 Å². The summed E-state index contributed by atoms with van der Waals surface area (Å²) in [5, 5.41) is 0. The van der Waals surface area contributed by atoms with Gasteiger partial charge in [0, 0.05) is 0 Å². The number of benzene rings is 3. The number of rotatable bonds is 21. The zero-order chi connectivity index (χ0) is 76.8. The second-order valence-corrected chi connectivity index (χ2v) is 47.5. The molecule has 0 aromatic heterocycles. The summed E-state index contributed by atoms with van der Waals surface area (Å²) in [6, 6.07) is 33.0. The van der Waals surface area contributed by atoms with E-state index in [9.17, 15) is 0 Å². The minimum absolute atomic E-state index is 0. The van der Waals surface area contributed by atoms with Crippen molar-refractivity contribution in [2.24, 2.45) is 94.7 Å². The first-order valence-corrected chi connectivity index (χ1v) is 66.9. The van der Waals surface area contributed by atoms with Gasteiger partial charge in [-0.25, -0.2) is 0 Å². The Balaban J connectivity index is -0.000000126. The van der Waals surface area contributed by atoms with Crippen LogP contribution in [0.5, 0.6) is 0 Å². The average molecular weight is 2080 g/mol. The van der Waals surface area contributed by atoms with Gasteiger partial charge in [0.05, 0.1) is 0 Å². The summed E-state index contributed by atoms with van der Waals surface area (Å²) in [4.78, 5) is 0. The fraction of sp³-hybridized carbons (Fsp3) is 0.677. The summed E-state index contributed by atoms with van der Waals surface area (Å²) in [5.41, 5.74) is 4.36. The summed E-state index contributed by atoms with van der Waals surface area (Å²) in [6.45, 7) is 40.0. The molecular formula is C99H182Cl8P2Zr4. The third-order valence-corrected chi connectivity index (χ3v) is 25.8. The topological polar surface area (TPSA) is 0 Å². The van der Waals surface area contributed by atoms with Crippen molar-refractivity contribution in [1.82, 2.24) is 0 Å². The molecule has 8 fully saturated rings. The van der Waals surface area contributed by atoms with E-state index in [1.165, 1.54) is 243 Å². The van der Waals surface area contributed by atoms with Gasteiger partial charge in [-0.1, -0.05) is 385 Å². The molecule has 0 nitrogen and oxygen atoms in total. The molecule has 8 saturated carbocycles. The number of halogens is 8.